The molecule has 281 valence electrons. The molecule has 3 aromatic heterocycles. The first-order valence-corrected chi connectivity index (χ1v) is 18.0. The number of nitrogens with zero attached hydrogens (tertiary/aromatic N) is 2. The van der Waals surface area contributed by atoms with Crippen molar-refractivity contribution in [2.45, 2.75) is 66.3 Å². The van der Waals surface area contributed by atoms with Gasteiger partial charge in [-0.1, -0.05) is 104 Å². The number of aryl methyl sites for hydroxylation is 2. The predicted octanol–water partition coefficient (Wildman–Crippen LogP) is 12.8. The molecule has 1 radical (unpaired) electrons. The zero-order chi connectivity index (χ0) is 51.7. The van der Waals surface area contributed by atoms with Crippen LogP contribution in [-0.2, 0) is 52.0 Å². The molecule has 5 aromatic carbocycles. The molecule has 0 amide bonds. The summed E-state index contributed by atoms with van der Waals surface area (Å²) in [5.41, 5.74) is -0.508. The Morgan fingerprint density at radius 3 is 2.16 bits per heavy atom. The summed E-state index contributed by atoms with van der Waals surface area (Å²) in [6.45, 7) is 0.574. The van der Waals surface area contributed by atoms with E-state index in [0.29, 0.717) is 38.9 Å². The van der Waals surface area contributed by atoms with E-state index in [1.807, 2.05) is 39.0 Å². The monoisotopic (exact) mass is 923 g/mol. The number of aromatic nitrogens is 2. The Kier molecular flexibility index (Phi) is 6.23. The number of benzene rings is 5. The summed E-state index contributed by atoms with van der Waals surface area (Å²) in [4.78, 5) is 8.78. The molecule has 8 aromatic rings. The van der Waals surface area contributed by atoms with E-state index in [4.69, 9.17) is 15.4 Å². The second-order valence-corrected chi connectivity index (χ2v) is 14.6. The summed E-state index contributed by atoms with van der Waals surface area (Å²) in [6.07, 6.45) is -9.80. The van der Waals surface area contributed by atoms with Crippen molar-refractivity contribution in [1.29, 1.82) is 0 Å². The van der Waals surface area contributed by atoms with E-state index < -0.39 is 56.4 Å². The van der Waals surface area contributed by atoms with Crippen LogP contribution in [0.2, 0.25) is 0 Å². The maximum absolute atomic E-state index is 9.51. The molecule has 3 nitrogen and oxygen atoms in total. The van der Waals surface area contributed by atoms with Crippen LogP contribution in [0.15, 0.2) is 132 Å². The zero-order valence-corrected chi connectivity index (χ0v) is 33.2. The molecular weight excluding hydrogens is 861 g/mol. The quantitative estimate of drug-likeness (QED) is 0.165. The first-order valence-electron chi connectivity index (χ1n) is 26.0. The molecular formula is C52H46IrN2O-2. The van der Waals surface area contributed by atoms with Gasteiger partial charge in [-0.2, -0.15) is 0 Å². The van der Waals surface area contributed by atoms with Gasteiger partial charge in [0, 0.05) is 59.8 Å². The molecule has 0 saturated heterocycles. The smallest absolute Gasteiger partial charge is 0.124 e. The van der Waals surface area contributed by atoms with Gasteiger partial charge in [-0.3, -0.25) is 0 Å². The van der Waals surface area contributed by atoms with Crippen molar-refractivity contribution in [3.8, 4) is 33.6 Å². The van der Waals surface area contributed by atoms with Gasteiger partial charge in [0.05, 0.1) is 5.58 Å². The number of fused-ring (bicyclic) bond motifs is 6. The van der Waals surface area contributed by atoms with E-state index in [-0.39, 0.29) is 70.2 Å². The van der Waals surface area contributed by atoms with Crippen molar-refractivity contribution < 1.29 is 46.5 Å². The Bertz CT molecular complexity index is 3330. The summed E-state index contributed by atoms with van der Waals surface area (Å²) >= 11 is 0. The Morgan fingerprint density at radius 2 is 1.43 bits per heavy atom. The van der Waals surface area contributed by atoms with Crippen molar-refractivity contribution in [2.24, 2.45) is 10.8 Å². The molecule has 0 bridgehead atoms. The molecule has 0 unspecified atom stereocenters. The molecule has 0 saturated carbocycles. The minimum Gasteiger partial charge on any atom is -0.500 e. The van der Waals surface area contributed by atoms with Crippen molar-refractivity contribution in [2.75, 3.05) is 0 Å². The fraction of sp³-hybridized carbons (Fsp3) is 0.231. The number of hydrogen-bond acceptors (Lipinski definition) is 3. The van der Waals surface area contributed by atoms with Crippen LogP contribution < -0.4 is 0 Å². The topological polar surface area (TPSA) is 38.9 Å². The van der Waals surface area contributed by atoms with Gasteiger partial charge in [0.25, 0.3) is 0 Å². The van der Waals surface area contributed by atoms with Crippen LogP contribution in [-0.4, -0.2) is 9.97 Å². The van der Waals surface area contributed by atoms with Gasteiger partial charge >= 0.3 is 0 Å². The van der Waals surface area contributed by atoms with Gasteiger partial charge < -0.3 is 14.4 Å². The molecule has 4 heteroatoms. The Balaban J connectivity index is 0.000000219. The van der Waals surface area contributed by atoms with Crippen LogP contribution in [0.3, 0.4) is 0 Å². The van der Waals surface area contributed by atoms with Gasteiger partial charge in [-0.05, 0) is 124 Å². The summed E-state index contributed by atoms with van der Waals surface area (Å²) < 4.78 is 145. The van der Waals surface area contributed by atoms with Crippen LogP contribution in [0.5, 0.6) is 0 Å². The van der Waals surface area contributed by atoms with E-state index in [1.54, 1.807) is 66.9 Å². The Labute approximate surface area is 367 Å². The molecule has 1 spiro atoms. The second kappa shape index (κ2) is 15.1. The largest absolute Gasteiger partial charge is 0.500 e. The summed E-state index contributed by atoms with van der Waals surface area (Å²) in [5.74, 6) is 0. The van der Waals surface area contributed by atoms with Gasteiger partial charge in [-0.15, -0.1) is 54.1 Å². The van der Waals surface area contributed by atoms with E-state index in [0.717, 1.165) is 5.56 Å². The third kappa shape index (κ3) is 7.29. The molecule has 0 fully saturated rings. The normalized spacial score (nSPS) is 22.5. The first-order chi connectivity index (χ1) is 32.9. The average molecular weight is 923 g/mol. The van der Waals surface area contributed by atoms with Crippen LogP contribution in [0, 0.1) is 36.7 Å². The van der Waals surface area contributed by atoms with Gasteiger partial charge in [0.1, 0.15) is 5.58 Å². The van der Waals surface area contributed by atoms with Crippen molar-refractivity contribution >= 4 is 21.9 Å². The third-order valence-electron chi connectivity index (χ3n) is 9.44. The maximum Gasteiger partial charge on any atom is 0.124 e. The van der Waals surface area contributed by atoms with Gasteiger partial charge in [-0.25, -0.2) is 0 Å². The standard InChI is InChI=1S/C33H30NO.C19H16N.Ir/c1-32(2,3)16-21-13-14-34-29(15-21)27-10-6-9-25-26-12-11-24-19-33(20-28(24)31(26)35-30(25)27)17-22-7-4-5-8-23(22)18-33;1-14-7-6-8-15(2)19(14)17-11-12-20-18(13-17)16-9-4-3-5-10-16;/h4-9,11-15H,16-20H2,1-3H3;3-9,11-13H,1-2H3;/q2*-1;/i16D2,17D2,18D2,19D2,20D2;1D3,2D3;. The number of rotatable bonds is 4. The van der Waals surface area contributed by atoms with Crippen LogP contribution in [0.4, 0.5) is 0 Å². The fourth-order valence-corrected chi connectivity index (χ4v) is 7.13. The SMILES string of the molecule is [2H]C([2H])([2H])c1cccc(C([2H])([2H])[2H])c1-c1ccnc(-c2[c-]cccc2)c1.[2H]C([2H])(c1ccnc(-c2[c-]ccc3c2oc2c4c(ccc23)C([2H])([2H])C2(C([2H])([2H])c3ccccc3C2([2H])[2H])C4([2H])[2H])c1)C(C)(C)C.[Ir]. The van der Waals surface area contributed by atoms with E-state index >= 15 is 0 Å². The first kappa shape index (κ1) is 23.2. The minimum atomic E-state index is -2.88. The van der Waals surface area contributed by atoms with E-state index in [9.17, 15) is 11.0 Å². The summed E-state index contributed by atoms with van der Waals surface area (Å²) in [5, 5.41) is 1.01. The molecule has 10 rings (SSSR count). The van der Waals surface area contributed by atoms with Crippen molar-refractivity contribution in [3.63, 3.8) is 0 Å². The molecule has 56 heavy (non-hydrogen) atoms. The molecule has 0 aliphatic heterocycles. The second-order valence-electron chi connectivity index (χ2n) is 14.6. The minimum absolute atomic E-state index is 0. The molecule has 3 heterocycles. The zero-order valence-electron chi connectivity index (χ0n) is 46.8. The number of furan rings is 1. The van der Waals surface area contributed by atoms with E-state index in [2.05, 4.69) is 22.1 Å². The van der Waals surface area contributed by atoms with Crippen molar-refractivity contribution in [3.05, 3.63) is 179 Å². The van der Waals surface area contributed by atoms with Crippen LogP contribution in [0.25, 0.3) is 55.6 Å². The Morgan fingerprint density at radius 1 is 0.714 bits per heavy atom. The third-order valence-corrected chi connectivity index (χ3v) is 9.44. The summed E-state index contributed by atoms with van der Waals surface area (Å²) in [7, 11) is 0. The molecule has 0 atom stereocenters. The number of pyridine rings is 2. The fourth-order valence-electron chi connectivity index (χ4n) is 7.13. The van der Waals surface area contributed by atoms with Crippen molar-refractivity contribution in [1.82, 2.24) is 9.97 Å². The number of hydrogen-bond donors (Lipinski definition) is 0. The van der Waals surface area contributed by atoms with Gasteiger partial charge in [0.2, 0.25) is 0 Å². The average Bonchev–Trinajstić information content (AvgIpc) is 3.81. The van der Waals surface area contributed by atoms with Gasteiger partial charge in [0.15, 0.2) is 0 Å². The van der Waals surface area contributed by atoms with Crippen LogP contribution >= 0.6 is 0 Å². The summed E-state index contributed by atoms with van der Waals surface area (Å²) in [6, 6.07) is 36.8. The van der Waals surface area contributed by atoms with E-state index in [1.165, 1.54) is 42.6 Å². The van der Waals surface area contributed by atoms with Crippen LogP contribution in [0.1, 0.15) is 81.6 Å². The maximum atomic E-state index is 9.51. The molecule has 2 aliphatic rings. The predicted molar refractivity (Wildman–Crippen MR) is 226 cm³/mol. The molecule has 2 aliphatic carbocycles. The Hall–Kier alpha value is -5.15. The molecule has 0 N–H and O–H groups in total.